The molecule has 4 rings (SSSR count). The maximum Gasteiger partial charge on any atom is 0.252 e. The van der Waals surface area contributed by atoms with Crippen molar-refractivity contribution in [1.29, 1.82) is 0 Å². The summed E-state index contributed by atoms with van der Waals surface area (Å²) in [5.41, 5.74) is 3.47. The number of benzene rings is 2. The second-order valence-electron chi connectivity index (χ2n) is 6.98. The van der Waals surface area contributed by atoms with Crippen LogP contribution in [0.2, 0.25) is 0 Å². The number of rotatable bonds is 4. The smallest absolute Gasteiger partial charge is 0.252 e. The van der Waals surface area contributed by atoms with Gasteiger partial charge in [-0.1, -0.05) is 30.3 Å². The highest BCUT2D eigenvalue weighted by atomic mass is 16.2. The van der Waals surface area contributed by atoms with Crippen LogP contribution in [0.3, 0.4) is 0 Å². The van der Waals surface area contributed by atoms with E-state index in [1.807, 2.05) is 60.3 Å². The number of carbonyl (C=O) groups is 2. The summed E-state index contributed by atoms with van der Waals surface area (Å²) in [4.78, 5) is 30.9. The lowest BCUT2D eigenvalue weighted by Crippen LogP contribution is -2.31. The van der Waals surface area contributed by atoms with Crippen molar-refractivity contribution in [2.75, 3.05) is 11.4 Å². The zero-order valence-electron chi connectivity index (χ0n) is 15.9. The predicted molar refractivity (Wildman–Crippen MR) is 107 cm³/mol. The van der Waals surface area contributed by atoms with Gasteiger partial charge in [-0.15, -0.1) is 0 Å². The Kier molecular flexibility index (Phi) is 4.69. The minimum Gasteiger partial charge on any atom is -0.338 e. The average molecular weight is 374 g/mol. The van der Waals surface area contributed by atoms with E-state index in [1.54, 1.807) is 24.1 Å². The molecule has 1 aromatic heterocycles. The number of anilines is 1. The van der Waals surface area contributed by atoms with Crippen molar-refractivity contribution in [2.24, 2.45) is 7.05 Å². The molecule has 1 atom stereocenters. The van der Waals surface area contributed by atoms with Gasteiger partial charge in [0.25, 0.3) is 5.91 Å². The number of amides is 2. The third-order valence-corrected chi connectivity index (χ3v) is 5.14. The molecule has 1 aliphatic heterocycles. The minimum absolute atomic E-state index is 0.0230. The van der Waals surface area contributed by atoms with Gasteiger partial charge in [0.2, 0.25) is 5.91 Å². The zero-order chi connectivity index (χ0) is 19.7. The van der Waals surface area contributed by atoms with Crippen LogP contribution in [0.1, 0.15) is 40.3 Å². The van der Waals surface area contributed by atoms with Gasteiger partial charge in [-0.3, -0.25) is 9.59 Å². The minimum atomic E-state index is -0.351. The van der Waals surface area contributed by atoms with Gasteiger partial charge in [-0.05, 0) is 35.7 Å². The normalized spacial score (nSPS) is 13.9. The number of aromatic nitrogens is 2. The van der Waals surface area contributed by atoms with E-state index in [9.17, 15) is 9.59 Å². The SMILES string of the molecule is CC(=O)N1CCc2cc(C(=O)NC(c3ccccc3)c3nccn3C)ccc21. The molecule has 0 saturated carbocycles. The van der Waals surface area contributed by atoms with Gasteiger partial charge in [0.05, 0.1) is 0 Å². The fraction of sp³-hybridized carbons (Fsp3) is 0.227. The maximum atomic E-state index is 13.0. The van der Waals surface area contributed by atoms with E-state index in [2.05, 4.69) is 10.3 Å². The van der Waals surface area contributed by atoms with Gasteiger partial charge in [0.15, 0.2) is 0 Å². The second kappa shape index (κ2) is 7.31. The third-order valence-electron chi connectivity index (χ3n) is 5.14. The highest BCUT2D eigenvalue weighted by Gasteiger charge is 2.25. The maximum absolute atomic E-state index is 13.0. The molecule has 2 aromatic carbocycles. The van der Waals surface area contributed by atoms with E-state index < -0.39 is 0 Å². The predicted octanol–water partition coefficient (Wildman–Crippen LogP) is 2.85. The van der Waals surface area contributed by atoms with Crippen LogP contribution in [0.25, 0.3) is 0 Å². The Hall–Kier alpha value is -3.41. The number of hydrogen-bond donors (Lipinski definition) is 1. The lowest BCUT2D eigenvalue weighted by Gasteiger charge is -2.20. The topological polar surface area (TPSA) is 67.2 Å². The summed E-state index contributed by atoms with van der Waals surface area (Å²) >= 11 is 0. The number of nitrogens with zero attached hydrogens (tertiary/aromatic N) is 3. The largest absolute Gasteiger partial charge is 0.338 e. The number of hydrogen-bond acceptors (Lipinski definition) is 3. The fourth-order valence-electron chi connectivity index (χ4n) is 3.68. The van der Waals surface area contributed by atoms with Gasteiger partial charge >= 0.3 is 0 Å². The highest BCUT2D eigenvalue weighted by Crippen LogP contribution is 2.29. The molecule has 2 amide bonds. The molecule has 1 unspecified atom stereocenters. The molecule has 0 radical (unpaired) electrons. The number of nitrogens with one attached hydrogen (secondary N) is 1. The van der Waals surface area contributed by atoms with Crippen molar-refractivity contribution in [2.45, 2.75) is 19.4 Å². The van der Waals surface area contributed by atoms with Gasteiger partial charge < -0.3 is 14.8 Å². The van der Waals surface area contributed by atoms with Crippen LogP contribution in [-0.2, 0) is 18.3 Å². The number of imidazole rings is 1. The first-order valence-corrected chi connectivity index (χ1v) is 9.28. The summed E-state index contributed by atoms with van der Waals surface area (Å²) in [6.07, 6.45) is 4.35. The molecule has 0 fully saturated rings. The molecule has 6 heteroatoms. The number of fused-ring (bicyclic) bond motifs is 1. The third kappa shape index (κ3) is 3.29. The van der Waals surface area contributed by atoms with E-state index >= 15 is 0 Å². The Morgan fingerprint density at radius 1 is 1.14 bits per heavy atom. The molecular formula is C22H22N4O2. The van der Waals surface area contributed by atoms with Crippen LogP contribution in [0.4, 0.5) is 5.69 Å². The first kappa shape index (κ1) is 18.0. The quantitative estimate of drug-likeness (QED) is 0.764. The van der Waals surface area contributed by atoms with Crippen LogP contribution in [0.5, 0.6) is 0 Å². The molecule has 6 nitrogen and oxygen atoms in total. The van der Waals surface area contributed by atoms with Crippen molar-refractivity contribution >= 4 is 17.5 Å². The lowest BCUT2D eigenvalue weighted by molar-refractivity contribution is -0.116. The van der Waals surface area contributed by atoms with Crippen molar-refractivity contribution in [3.05, 3.63) is 83.4 Å². The van der Waals surface area contributed by atoms with Crippen LogP contribution < -0.4 is 10.2 Å². The summed E-state index contributed by atoms with van der Waals surface area (Å²) in [7, 11) is 1.91. The molecule has 1 N–H and O–H groups in total. The van der Waals surface area contributed by atoms with Crippen molar-refractivity contribution in [3.8, 4) is 0 Å². The van der Waals surface area contributed by atoms with E-state index in [-0.39, 0.29) is 17.9 Å². The molecule has 2 heterocycles. The summed E-state index contributed by atoms with van der Waals surface area (Å²) in [6, 6.07) is 15.0. The van der Waals surface area contributed by atoms with E-state index in [1.165, 1.54) is 0 Å². The first-order chi connectivity index (χ1) is 13.5. The Balaban J connectivity index is 1.62. The molecule has 1 aliphatic rings. The number of aryl methyl sites for hydroxylation is 1. The van der Waals surface area contributed by atoms with Gasteiger partial charge in [-0.25, -0.2) is 4.98 Å². The van der Waals surface area contributed by atoms with Crippen LogP contribution >= 0.6 is 0 Å². The molecule has 0 spiro atoms. The summed E-state index contributed by atoms with van der Waals surface area (Å²) in [5.74, 6) is 0.624. The van der Waals surface area contributed by atoms with E-state index in [0.29, 0.717) is 12.1 Å². The Bertz CT molecular complexity index is 1030. The Morgan fingerprint density at radius 3 is 2.61 bits per heavy atom. The highest BCUT2D eigenvalue weighted by molar-refractivity contribution is 5.98. The van der Waals surface area contributed by atoms with Gasteiger partial charge in [0, 0.05) is 44.2 Å². The van der Waals surface area contributed by atoms with Crippen molar-refractivity contribution < 1.29 is 9.59 Å². The standard InChI is InChI=1S/C22H22N4O2/c1-15(27)26-12-10-17-14-18(8-9-19(17)26)22(28)24-20(16-6-4-3-5-7-16)21-23-11-13-25(21)2/h3-9,11,13-14,20H,10,12H2,1-2H3,(H,24,28). The molecule has 142 valence electrons. The van der Waals surface area contributed by atoms with Gasteiger partial charge in [0.1, 0.15) is 11.9 Å². The monoisotopic (exact) mass is 374 g/mol. The van der Waals surface area contributed by atoms with Crippen LogP contribution in [-0.4, -0.2) is 27.9 Å². The molecule has 0 bridgehead atoms. The van der Waals surface area contributed by atoms with Crippen molar-refractivity contribution in [3.63, 3.8) is 0 Å². The molecule has 0 aliphatic carbocycles. The summed E-state index contributed by atoms with van der Waals surface area (Å²) < 4.78 is 1.91. The zero-order valence-corrected chi connectivity index (χ0v) is 15.9. The molecule has 28 heavy (non-hydrogen) atoms. The Morgan fingerprint density at radius 2 is 1.93 bits per heavy atom. The molecular weight excluding hydrogens is 352 g/mol. The summed E-state index contributed by atoms with van der Waals surface area (Å²) in [5, 5.41) is 3.12. The van der Waals surface area contributed by atoms with Crippen LogP contribution in [0.15, 0.2) is 60.9 Å². The average Bonchev–Trinajstić information content (AvgIpc) is 3.32. The molecule has 3 aromatic rings. The van der Waals surface area contributed by atoms with Gasteiger partial charge in [-0.2, -0.15) is 0 Å². The van der Waals surface area contributed by atoms with E-state index in [0.717, 1.165) is 29.1 Å². The molecule has 0 saturated heterocycles. The Labute approximate surface area is 163 Å². The summed E-state index contributed by atoms with van der Waals surface area (Å²) in [6.45, 7) is 2.22. The second-order valence-corrected chi connectivity index (χ2v) is 6.98. The first-order valence-electron chi connectivity index (χ1n) is 9.28. The lowest BCUT2D eigenvalue weighted by atomic mass is 10.0. The fourth-order valence-corrected chi connectivity index (χ4v) is 3.68. The van der Waals surface area contributed by atoms with Crippen molar-refractivity contribution in [1.82, 2.24) is 14.9 Å². The van der Waals surface area contributed by atoms with E-state index in [4.69, 9.17) is 0 Å². The van der Waals surface area contributed by atoms with Crippen LogP contribution in [0, 0.1) is 0 Å². The number of carbonyl (C=O) groups excluding carboxylic acids is 2.